The largest absolute Gasteiger partial charge is 0.504 e. The van der Waals surface area contributed by atoms with E-state index in [1.54, 1.807) is 12.2 Å². The molecule has 0 aromatic rings. The van der Waals surface area contributed by atoms with Crippen LogP contribution in [0.3, 0.4) is 0 Å². The van der Waals surface area contributed by atoms with Crippen molar-refractivity contribution < 1.29 is 44.7 Å². The highest BCUT2D eigenvalue weighted by Crippen LogP contribution is 2.77. The summed E-state index contributed by atoms with van der Waals surface area (Å²) in [6.45, 7) is 30.0. The third-order valence-electron chi connectivity index (χ3n) is 25.3. The van der Waals surface area contributed by atoms with Gasteiger partial charge in [0.25, 0.3) is 0 Å². The number of nitrogens with one attached hydrogen (secondary N) is 1. The van der Waals surface area contributed by atoms with E-state index in [0.29, 0.717) is 42.5 Å². The molecule has 2 aliphatic heterocycles. The number of aliphatic hydroxyl groups excluding tert-OH is 4. The minimum Gasteiger partial charge on any atom is -0.504 e. The molecule has 0 aromatic carbocycles. The number of rotatable bonds is 2. The number of β-amino-alcohol motifs (C(OH)–C–C–N with tert-alkyl or cyclic N) is 2. The second kappa shape index (κ2) is 19.1. The Morgan fingerprint density at radius 1 is 0.577 bits per heavy atom. The minimum atomic E-state index is -0.655. The standard InChI is InChI=1S/C33H45NO4.C29H38O4.C4H9NO.CH4/c1-20-22-7-8-25-31(4,23(22)17-24(36)27(20)37)13-15-33(6)26-18-30(3,28(38)34-16-9-21(35)19-34)11-10-29(26,2)12-14-32(25,33)5;1-17-18-7-8-21-27(4,19(18)15-20(30)23(17)31)12-14-29(6)22-16-26(3,24(32)33)10-9-25(22,2)11-13-28(21,29)5;6-4-1-2-5-3-4;/h7-8,17,21,26,35,37H,9-16,18-19H2,1-6H3;7-8,15,22,31H,9-14,16H2,1-6H3,(H,32,33);4-6H,1-3H2;1H4/t21?,26-,29-,30-,31+,32-,33+;22-,25-,26-,27+,28-,29+;;/m11../s1. The van der Waals surface area contributed by atoms with Crippen LogP contribution in [0.15, 0.2) is 92.6 Å². The van der Waals surface area contributed by atoms with Crippen molar-refractivity contribution in [2.75, 3.05) is 26.2 Å². The molecular weight excluding hydrogens is 977 g/mol. The summed E-state index contributed by atoms with van der Waals surface area (Å²) in [5, 5.41) is 52.5. The van der Waals surface area contributed by atoms with E-state index in [4.69, 9.17) is 5.11 Å². The van der Waals surface area contributed by atoms with Gasteiger partial charge in [0.05, 0.1) is 17.6 Å². The highest BCUT2D eigenvalue weighted by atomic mass is 16.4. The number of aliphatic hydroxyl groups is 4. The number of amides is 1. The summed E-state index contributed by atoms with van der Waals surface area (Å²) in [5.74, 6) is -0.474. The van der Waals surface area contributed by atoms with Crippen LogP contribution >= 0.6 is 0 Å². The van der Waals surface area contributed by atoms with Gasteiger partial charge >= 0.3 is 5.97 Å². The SMILES string of the molecule is C.CC1=C(O)C(=O)C=C2C1=CC=C1[C@@]2(C)CC[C@@]2(C)[C@@H]3C[C@](C)(C(=O)N4CCC(O)C4)CC[C@]3(C)CC[C@]12C.CC1=C(O)C(=O)C=C2C1=CC=C1[C@@]2(C)CC[C@@]2(C)[C@@H]3C[C@](C)(C(=O)O)CC[C@]3(C)CC[C@]12C.OC1CCNC1. The number of likely N-dealkylation sites (tertiary alicyclic amines) is 1. The van der Waals surface area contributed by atoms with Crippen molar-refractivity contribution in [3.63, 3.8) is 0 Å². The highest BCUT2D eigenvalue weighted by molar-refractivity contribution is 6.07. The molecule has 11 heteroatoms. The molecule has 12 rings (SSSR count). The van der Waals surface area contributed by atoms with Crippen molar-refractivity contribution in [2.24, 2.45) is 66.0 Å². The van der Waals surface area contributed by atoms with Crippen LogP contribution in [0, 0.1) is 66.0 Å². The molecule has 6 N–H and O–H groups in total. The molecule has 78 heavy (non-hydrogen) atoms. The van der Waals surface area contributed by atoms with Gasteiger partial charge in [-0.15, -0.1) is 0 Å². The minimum absolute atomic E-state index is 0. The van der Waals surface area contributed by atoms with E-state index in [9.17, 15) is 39.6 Å². The van der Waals surface area contributed by atoms with Gasteiger partial charge in [0.1, 0.15) is 0 Å². The molecule has 1 amide bonds. The number of hydrogen-bond acceptors (Lipinski definition) is 9. The van der Waals surface area contributed by atoms with Crippen LogP contribution in [-0.4, -0.2) is 92.3 Å². The summed E-state index contributed by atoms with van der Waals surface area (Å²) in [6, 6.07) is 0. The summed E-state index contributed by atoms with van der Waals surface area (Å²) < 4.78 is 0. The van der Waals surface area contributed by atoms with Crippen LogP contribution in [0.1, 0.15) is 193 Å². The topological polar surface area (TPSA) is 185 Å². The van der Waals surface area contributed by atoms with Gasteiger partial charge in [-0.2, -0.15) is 0 Å². The van der Waals surface area contributed by atoms with Crippen molar-refractivity contribution in [1.82, 2.24) is 10.2 Å². The summed E-state index contributed by atoms with van der Waals surface area (Å²) in [5.41, 5.74) is 7.11. The normalized spacial score (nSPS) is 45.0. The van der Waals surface area contributed by atoms with Crippen LogP contribution in [0.25, 0.3) is 0 Å². The summed E-state index contributed by atoms with van der Waals surface area (Å²) in [6.07, 6.45) is 27.2. The van der Waals surface area contributed by atoms with E-state index in [1.807, 2.05) is 25.7 Å². The molecule has 0 aromatic heterocycles. The quantitative estimate of drug-likeness (QED) is 0.156. The predicted octanol–water partition coefficient (Wildman–Crippen LogP) is 12.9. The zero-order valence-corrected chi connectivity index (χ0v) is 48.7. The molecule has 11 nitrogen and oxygen atoms in total. The van der Waals surface area contributed by atoms with E-state index in [-0.39, 0.29) is 97.4 Å². The zero-order chi connectivity index (χ0) is 56.1. The summed E-state index contributed by atoms with van der Waals surface area (Å²) >= 11 is 0. The van der Waals surface area contributed by atoms with Crippen LogP contribution in [0.5, 0.6) is 0 Å². The molecule has 12 aliphatic rings. The fraction of sp³-hybridized carbons (Fsp3) is 0.701. The first-order valence-corrected chi connectivity index (χ1v) is 29.6. The second-order valence-electron chi connectivity index (χ2n) is 29.4. The molecule has 14 atom stereocenters. The average Bonchev–Trinajstić information content (AvgIpc) is 1.75. The van der Waals surface area contributed by atoms with Crippen molar-refractivity contribution >= 4 is 23.4 Å². The number of carboxylic acids is 1. The molecule has 0 radical (unpaired) electrons. The van der Waals surface area contributed by atoms with E-state index in [1.165, 1.54) is 11.1 Å². The fourth-order valence-electron chi connectivity index (χ4n) is 19.2. The Bertz CT molecular complexity index is 2860. The van der Waals surface area contributed by atoms with Crippen molar-refractivity contribution in [1.29, 1.82) is 0 Å². The van der Waals surface area contributed by atoms with Gasteiger partial charge in [-0.3, -0.25) is 19.2 Å². The number of carbonyl (C=O) groups is 4. The number of ketones is 2. The average molecular weight is 1070 g/mol. The van der Waals surface area contributed by atoms with Gasteiger partial charge in [0.15, 0.2) is 11.5 Å². The Morgan fingerprint density at radius 3 is 1.40 bits per heavy atom. The maximum atomic E-state index is 13.8. The number of allylic oxidation sites excluding steroid dienone is 14. The van der Waals surface area contributed by atoms with Crippen LogP contribution in [0.2, 0.25) is 0 Å². The van der Waals surface area contributed by atoms with Gasteiger partial charge in [-0.25, -0.2) is 0 Å². The van der Waals surface area contributed by atoms with Crippen molar-refractivity contribution in [3.8, 4) is 0 Å². The molecule has 6 saturated carbocycles. The van der Waals surface area contributed by atoms with E-state index in [2.05, 4.69) is 91.9 Å². The maximum Gasteiger partial charge on any atom is 0.309 e. The van der Waals surface area contributed by atoms with Gasteiger partial charge in [0, 0.05) is 47.0 Å². The third kappa shape index (κ3) is 8.30. The lowest BCUT2D eigenvalue weighted by atomic mass is 9.34. The van der Waals surface area contributed by atoms with Gasteiger partial charge in [-0.05, 0) is 209 Å². The number of fused-ring (bicyclic) bond motifs is 14. The molecule has 0 bridgehead atoms. The summed E-state index contributed by atoms with van der Waals surface area (Å²) in [4.78, 5) is 53.3. The molecule has 0 spiro atoms. The molecule has 8 fully saturated rings. The van der Waals surface area contributed by atoms with Crippen LogP contribution in [0.4, 0.5) is 0 Å². The maximum absolute atomic E-state index is 13.8. The highest BCUT2D eigenvalue weighted by Gasteiger charge is 2.69. The molecule has 428 valence electrons. The Hall–Kier alpha value is -4.32. The third-order valence-corrected chi connectivity index (χ3v) is 25.3. The molecule has 10 aliphatic carbocycles. The lowest BCUT2D eigenvalue weighted by Crippen LogP contribution is -2.62. The van der Waals surface area contributed by atoms with Gasteiger partial charge < -0.3 is 35.7 Å². The lowest BCUT2D eigenvalue weighted by Gasteiger charge is -2.70. The van der Waals surface area contributed by atoms with Crippen LogP contribution in [-0.2, 0) is 19.2 Å². The number of carboxylic acid groups (broad SMARTS) is 1. The van der Waals surface area contributed by atoms with E-state index in [0.717, 1.165) is 132 Å². The smallest absolute Gasteiger partial charge is 0.309 e. The van der Waals surface area contributed by atoms with E-state index >= 15 is 0 Å². The Kier molecular flexibility index (Phi) is 14.3. The summed E-state index contributed by atoms with van der Waals surface area (Å²) in [7, 11) is 0. The predicted molar refractivity (Wildman–Crippen MR) is 307 cm³/mol. The molecule has 2 heterocycles. The molecule has 2 saturated heterocycles. The first-order chi connectivity index (χ1) is 35.8. The number of carbonyl (C=O) groups excluding carboxylic acids is 3. The molecular formula is C67H96N2O9. The first-order valence-electron chi connectivity index (χ1n) is 29.6. The van der Waals surface area contributed by atoms with Crippen molar-refractivity contribution in [3.05, 3.63) is 92.6 Å². The zero-order valence-electron chi connectivity index (χ0n) is 48.7. The van der Waals surface area contributed by atoms with Crippen molar-refractivity contribution in [2.45, 2.75) is 205 Å². The Labute approximate surface area is 466 Å². The Morgan fingerprint density at radius 2 is 1.01 bits per heavy atom. The first kappa shape index (κ1) is 58.3. The van der Waals surface area contributed by atoms with E-state index < -0.39 is 11.4 Å². The number of aliphatic carboxylic acids is 1. The number of nitrogens with zero attached hydrogens (tertiary/aromatic N) is 1. The van der Waals surface area contributed by atoms with Gasteiger partial charge in [-0.1, -0.05) is 105 Å². The second-order valence-corrected chi connectivity index (χ2v) is 29.4. The monoisotopic (exact) mass is 1070 g/mol. The Balaban J connectivity index is 0.000000170. The fourth-order valence-corrected chi connectivity index (χ4v) is 19.2. The van der Waals surface area contributed by atoms with Crippen LogP contribution < -0.4 is 5.32 Å². The number of hydrogen-bond donors (Lipinski definition) is 6. The lowest BCUT2D eigenvalue weighted by molar-refractivity contribution is -0.178. The van der Waals surface area contributed by atoms with Gasteiger partial charge in [0.2, 0.25) is 17.5 Å². The molecule has 2 unspecified atom stereocenters.